The van der Waals surface area contributed by atoms with Crippen molar-refractivity contribution in [2.45, 2.75) is 89.8 Å². The fourth-order valence-electron chi connectivity index (χ4n) is 4.42. The number of benzene rings is 1. The molecule has 2 rings (SSSR count). The molecule has 4 heteroatoms. The van der Waals surface area contributed by atoms with Gasteiger partial charge in [-0.2, -0.15) is 0 Å². The number of carboxylic acid groups (broad SMARTS) is 1. The van der Waals surface area contributed by atoms with Crippen molar-refractivity contribution in [2.24, 2.45) is 5.92 Å². The van der Waals surface area contributed by atoms with Crippen molar-refractivity contribution in [3.05, 3.63) is 54.1 Å². The van der Waals surface area contributed by atoms with Gasteiger partial charge < -0.3 is 5.11 Å². The molecule has 1 heterocycles. The molecule has 1 aliphatic heterocycles. The van der Waals surface area contributed by atoms with Gasteiger partial charge >= 0.3 is 5.97 Å². The Labute approximate surface area is 181 Å². The predicted octanol–water partition coefficient (Wildman–Crippen LogP) is 6.97. The number of carbonyl (C=O) groups is 1. The lowest BCUT2D eigenvalue weighted by atomic mass is 9.81. The molecule has 166 valence electrons. The van der Waals surface area contributed by atoms with Crippen LogP contribution in [0.25, 0.3) is 6.08 Å². The lowest BCUT2D eigenvalue weighted by Crippen LogP contribution is -2.31. The molecule has 3 unspecified atom stereocenters. The van der Waals surface area contributed by atoms with Gasteiger partial charge in [-0.05, 0) is 44.6 Å². The third-order valence-corrected chi connectivity index (χ3v) is 5.65. The number of hydrogen-bond donors (Lipinski definition) is 1. The van der Waals surface area contributed by atoms with Crippen LogP contribution in [0.1, 0.15) is 84.1 Å². The van der Waals surface area contributed by atoms with Gasteiger partial charge in [0.15, 0.2) is 0 Å². The zero-order chi connectivity index (χ0) is 21.9. The van der Waals surface area contributed by atoms with Crippen LogP contribution in [0.4, 0.5) is 0 Å². The van der Waals surface area contributed by atoms with E-state index in [4.69, 9.17) is 14.9 Å². The number of rotatable bonds is 13. The molecule has 1 fully saturated rings. The Balaban J connectivity index is 1.53. The second-order valence-electron chi connectivity index (χ2n) is 9.31. The summed E-state index contributed by atoms with van der Waals surface area (Å²) in [6.45, 7) is 6.11. The van der Waals surface area contributed by atoms with E-state index in [9.17, 15) is 4.79 Å². The molecule has 30 heavy (non-hydrogen) atoms. The molecule has 1 N–H and O–H groups in total. The smallest absolute Gasteiger partial charge is 0.306 e. The largest absolute Gasteiger partial charge is 0.481 e. The summed E-state index contributed by atoms with van der Waals surface area (Å²) in [6.07, 6.45) is 17.4. The molecule has 0 aliphatic carbocycles. The van der Waals surface area contributed by atoms with Crippen molar-refractivity contribution in [1.82, 2.24) is 0 Å². The molecule has 0 bridgehead atoms. The minimum Gasteiger partial charge on any atom is -0.481 e. The monoisotopic (exact) mass is 414 g/mol. The van der Waals surface area contributed by atoms with Gasteiger partial charge in [-0.25, -0.2) is 9.78 Å². The zero-order valence-corrected chi connectivity index (χ0v) is 18.8. The van der Waals surface area contributed by atoms with E-state index in [1.807, 2.05) is 19.9 Å². The van der Waals surface area contributed by atoms with Crippen LogP contribution in [-0.4, -0.2) is 22.3 Å². The second kappa shape index (κ2) is 12.1. The van der Waals surface area contributed by atoms with Gasteiger partial charge in [-0.1, -0.05) is 87.2 Å². The highest BCUT2D eigenvalue weighted by Crippen LogP contribution is 2.42. The van der Waals surface area contributed by atoms with Crippen LogP contribution < -0.4 is 0 Å². The standard InChI is InChI=1S/C26H38O4/c1-22(19-25(2)21-26(3,30-29-25)20-24(27)28)15-11-8-6-4-5-7-9-12-16-23-17-13-10-14-18-23/h7,9-10,12-14,16-18,22H,4-6,8,11,15,19-21H2,1-3H3,(H,27,28). The molecule has 0 amide bonds. The maximum Gasteiger partial charge on any atom is 0.306 e. The van der Waals surface area contributed by atoms with Crippen LogP contribution in [0.15, 0.2) is 48.6 Å². The van der Waals surface area contributed by atoms with Gasteiger partial charge in [0, 0.05) is 6.42 Å². The zero-order valence-electron chi connectivity index (χ0n) is 18.8. The molecule has 1 aromatic rings. The molecule has 1 saturated heterocycles. The topological polar surface area (TPSA) is 55.8 Å². The number of hydrogen-bond acceptors (Lipinski definition) is 3. The number of carboxylic acids is 1. The number of aliphatic carboxylic acids is 1. The van der Waals surface area contributed by atoms with E-state index in [1.165, 1.54) is 37.7 Å². The van der Waals surface area contributed by atoms with Crippen molar-refractivity contribution >= 4 is 12.0 Å². The van der Waals surface area contributed by atoms with Crippen LogP contribution in [0, 0.1) is 5.92 Å². The average Bonchev–Trinajstić information content (AvgIpc) is 2.97. The van der Waals surface area contributed by atoms with Crippen molar-refractivity contribution < 1.29 is 19.7 Å². The molecule has 3 atom stereocenters. The Kier molecular flexibility index (Phi) is 9.80. The van der Waals surface area contributed by atoms with Crippen molar-refractivity contribution in [2.75, 3.05) is 0 Å². The lowest BCUT2D eigenvalue weighted by molar-refractivity contribution is -0.346. The predicted molar refractivity (Wildman–Crippen MR) is 122 cm³/mol. The third kappa shape index (κ3) is 9.27. The highest BCUT2D eigenvalue weighted by atomic mass is 17.2. The Morgan fingerprint density at radius 1 is 1.07 bits per heavy atom. The van der Waals surface area contributed by atoms with Gasteiger partial charge in [0.25, 0.3) is 0 Å². The quantitative estimate of drug-likeness (QED) is 0.215. The summed E-state index contributed by atoms with van der Waals surface area (Å²) in [5.41, 5.74) is 0.123. The minimum atomic E-state index is -0.847. The third-order valence-electron chi connectivity index (χ3n) is 5.65. The van der Waals surface area contributed by atoms with E-state index in [-0.39, 0.29) is 12.0 Å². The fourth-order valence-corrected chi connectivity index (χ4v) is 4.42. The van der Waals surface area contributed by atoms with Gasteiger partial charge in [-0.15, -0.1) is 0 Å². The first-order valence-corrected chi connectivity index (χ1v) is 11.3. The average molecular weight is 415 g/mol. The van der Waals surface area contributed by atoms with Gasteiger partial charge in [-0.3, -0.25) is 4.79 Å². The second-order valence-corrected chi connectivity index (χ2v) is 9.31. The van der Waals surface area contributed by atoms with Crippen LogP contribution in [-0.2, 0) is 14.6 Å². The summed E-state index contributed by atoms with van der Waals surface area (Å²) in [5, 5.41) is 9.04. The van der Waals surface area contributed by atoms with E-state index in [2.05, 4.69) is 55.5 Å². The van der Waals surface area contributed by atoms with Crippen molar-refractivity contribution in [3.63, 3.8) is 0 Å². The molecular formula is C26H38O4. The molecule has 0 spiro atoms. The number of unbranched alkanes of at least 4 members (excludes halogenated alkanes) is 4. The Bertz CT molecular complexity index is 696. The molecule has 1 aliphatic rings. The molecule has 1 aromatic carbocycles. The molecule has 0 aromatic heterocycles. The summed E-state index contributed by atoms with van der Waals surface area (Å²) in [6, 6.07) is 10.3. The number of allylic oxidation sites excluding steroid dienone is 3. The highest BCUT2D eigenvalue weighted by Gasteiger charge is 2.47. The Morgan fingerprint density at radius 2 is 1.77 bits per heavy atom. The molecule has 0 radical (unpaired) electrons. The summed E-state index contributed by atoms with van der Waals surface area (Å²) in [5.74, 6) is -0.311. The summed E-state index contributed by atoms with van der Waals surface area (Å²) in [7, 11) is 0. The summed E-state index contributed by atoms with van der Waals surface area (Å²) in [4.78, 5) is 22.0. The van der Waals surface area contributed by atoms with E-state index in [0.717, 1.165) is 12.8 Å². The molecular weight excluding hydrogens is 376 g/mol. The summed E-state index contributed by atoms with van der Waals surface area (Å²) < 4.78 is 0. The van der Waals surface area contributed by atoms with Gasteiger partial charge in [0.2, 0.25) is 0 Å². The maximum absolute atomic E-state index is 11.0. The first kappa shape index (κ1) is 24.4. The SMILES string of the molecule is CC(CCCCCCC=CC=Cc1ccccc1)CC1(C)CC(C)(CC(=O)O)OO1. The fraction of sp³-hybridized carbons (Fsp3) is 0.577. The van der Waals surface area contributed by atoms with Crippen LogP contribution in [0.3, 0.4) is 0 Å². The lowest BCUT2D eigenvalue weighted by Gasteiger charge is -2.25. The minimum absolute atomic E-state index is 0.0204. The van der Waals surface area contributed by atoms with E-state index >= 15 is 0 Å². The Morgan fingerprint density at radius 3 is 2.50 bits per heavy atom. The molecule has 4 nitrogen and oxygen atoms in total. The summed E-state index contributed by atoms with van der Waals surface area (Å²) >= 11 is 0. The van der Waals surface area contributed by atoms with Gasteiger partial charge in [0.05, 0.1) is 6.42 Å². The van der Waals surface area contributed by atoms with E-state index in [1.54, 1.807) is 0 Å². The van der Waals surface area contributed by atoms with Crippen LogP contribution >= 0.6 is 0 Å². The van der Waals surface area contributed by atoms with Crippen molar-refractivity contribution in [3.8, 4) is 0 Å². The highest BCUT2D eigenvalue weighted by molar-refractivity contribution is 5.68. The first-order chi connectivity index (χ1) is 14.3. The van der Waals surface area contributed by atoms with E-state index < -0.39 is 11.6 Å². The normalized spacial score (nSPS) is 25.3. The van der Waals surface area contributed by atoms with Crippen molar-refractivity contribution in [1.29, 1.82) is 0 Å². The van der Waals surface area contributed by atoms with Gasteiger partial charge in [0.1, 0.15) is 11.2 Å². The van der Waals surface area contributed by atoms with Crippen LogP contribution in [0.2, 0.25) is 0 Å². The maximum atomic E-state index is 11.0. The molecule has 0 saturated carbocycles. The van der Waals surface area contributed by atoms with Crippen LogP contribution in [0.5, 0.6) is 0 Å². The first-order valence-electron chi connectivity index (χ1n) is 11.3. The Hall–Kier alpha value is -1.91. The van der Waals surface area contributed by atoms with E-state index in [0.29, 0.717) is 12.3 Å².